The van der Waals surface area contributed by atoms with E-state index in [-0.39, 0.29) is 12.1 Å². The summed E-state index contributed by atoms with van der Waals surface area (Å²) in [4.78, 5) is 14.0. The van der Waals surface area contributed by atoms with E-state index in [1.165, 1.54) is 5.56 Å². The Morgan fingerprint density at radius 1 is 1.17 bits per heavy atom. The number of alkyl carbamates (subject to hydrolysis) is 1. The van der Waals surface area contributed by atoms with Crippen LogP contribution < -0.4 is 10.6 Å². The maximum absolute atomic E-state index is 11.7. The first-order valence-electron chi connectivity index (χ1n) is 8.61. The molecular formula is C19H33N3O2. The molecule has 2 atom stereocenters. The Morgan fingerprint density at radius 2 is 1.79 bits per heavy atom. The zero-order valence-corrected chi connectivity index (χ0v) is 15.9. The molecule has 1 amide bonds. The predicted octanol–water partition coefficient (Wildman–Crippen LogP) is 3.01. The highest BCUT2D eigenvalue weighted by atomic mass is 16.6. The summed E-state index contributed by atoms with van der Waals surface area (Å²) in [5.74, 6) is 0. The average Bonchev–Trinajstić information content (AvgIpc) is 2.44. The Balaban J connectivity index is 2.26. The van der Waals surface area contributed by atoms with Crippen molar-refractivity contribution in [1.82, 2.24) is 15.5 Å². The molecule has 1 aromatic rings. The first kappa shape index (κ1) is 20.5. The van der Waals surface area contributed by atoms with Gasteiger partial charge in [-0.3, -0.25) is 0 Å². The van der Waals surface area contributed by atoms with Crippen LogP contribution in [0.5, 0.6) is 0 Å². The molecule has 136 valence electrons. The van der Waals surface area contributed by atoms with E-state index in [9.17, 15) is 4.79 Å². The van der Waals surface area contributed by atoms with E-state index in [4.69, 9.17) is 4.74 Å². The van der Waals surface area contributed by atoms with Gasteiger partial charge in [0, 0.05) is 31.7 Å². The molecule has 0 aliphatic heterocycles. The average molecular weight is 335 g/mol. The monoisotopic (exact) mass is 335 g/mol. The van der Waals surface area contributed by atoms with Crippen LogP contribution in [0.15, 0.2) is 30.3 Å². The van der Waals surface area contributed by atoms with Crippen LogP contribution >= 0.6 is 0 Å². The summed E-state index contributed by atoms with van der Waals surface area (Å²) >= 11 is 0. The van der Waals surface area contributed by atoms with Crippen molar-refractivity contribution in [2.45, 2.75) is 58.8 Å². The summed E-state index contributed by atoms with van der Waals surface area (Å²) < 4.78 is 5.24. The second-order valence-electron chi connectivity index (χ2n) is 7.53. The van der Waals surface area contributed by atoms with Crippen molar-refractivity contribution in [2.75, 3.05) is 20.1 Å². The lowest BCUT2D eigenvalue weighted by Gasteiger charge is -2.26. The molecule has 0 saturated carbocycles. The maximum Gasteiger partial charge on any atom is 0.407 e. The Kier molecular flexibility index (Phi) is 8.22. The van der Waals surface area contributed by atoms with Crippen molar-refractivity contribution < 1.29 is 9.53 Å². The summed E-state index contributed by atoms with van der Waals surface area (Å²) in [5.41, 5.74) is 0.848. The van der Waals surface area contributed by atoms with E-state index in [2.05, 4.69) is 60.7 Å². The summed E-state index contributed by atoms with van der Waals surface area (Å²) in [6, 6.07) is 11.0. The maximum atomic E-state index is 11.7. The second-order valence-corrected chi connectivity index (χ2v) is 7.53. The third-order valence-corrected chi connectivity index (χ3v) is 3.40. The van der Waals surface area contributed by atoms with E-state index in [1.807, 2.05) is 26.8 Å². The van der Waals surface area contributed by atoms with Gasteiger partial charge in [-0.05, 0) is 47.2 Å². The Hall–Kier alpha value is -1.59. The minimum Gasteiger partial charge on any atom is -0.444 e. The van der Waals surface area contributed by atoms with Crippen LogP contribution in [0.1, 0.15) is 40.2 Å². The number of rotatable bonds is 8. The standard InChI is InChI=1S/C19H33N3O2/c1-15(12-20-18(23)24-19(3,4)5)21-16(2)13-22(6)14-17-10-8-7-9-11-17/h7-11,15-16,21H,12-14H2,1-6H3,(H,20,23). The number of carbonyl (C=O) groups is 1. The number of benzene rings is 1. The molecule has 1 rings (SSSR count). The molecule has 5 nitrogen and oxygen atoms in total. The van der Waals surface area contributed by atoms with Crippen molar-refractivity contribution in [3.8, 4) is 0 Å². The highest BCUT2D eigenvalue weighted by molar-refractivity contribution is 5.67. The number of likely N-dealkylation sites (N-methyl/N-ethyl adjacent to an activating group) is 1. The molecule has 0 radical (unpaired) electrons. The fraction of sp³-hybridized carbons (Fsp3) is 0.632. The topological polar surface area (TPSA) is 53.6 Å². The number of ether oxygens (including phenoxy) is 1. The third kappa shape index (κ3) is 9.53. The number of hydrogen-bond acceptors (Lipinski definition) is 4. The Morgan fingerprint density at radius 3 is 2.38 bits per heavy atom. The molecule has 24 heavy (non-hydrogen) atoms. The number of hydrogen-bond donors (Lipinski definition) is 2. The van der Waals surface area contributed by atoms with Gasteiger partial charge in [0.05, 0.1) is 0 Å². The van der Waals surface area contributed by atoms with E-state index >= 15 is 0 Å². The van der Waals surface area contributed by atoms with Gasteiger partial charge >= 0.3 is 6.09 Å². The molecular weight excluding hydrogens is 302 g/mol. The molecule has 0 aliphatic rings. The van der Waals surface area contributed by atoms with Crippen molar-refractivity contribution in [1.29, 1.82) is 0 Å². The number of amides is 1. The molecule has 0 bridgehead atoms. The van der Waals surface area contributed by atoms with Gasteiger partial charge in [-0.15, -0.1) is 0 Å². The van der Waals surface area contributed by atoms with Gasteiger partial charge in [-0.25, -0.2) is 4.79 Å². The highest BCUT2D eigenvalue weighted by Gasteiger charge is 2.17. The minimum absolute atomic E-state index is 0.178. The van der Waals surface area contributed by atoms with Crippen molar-refractivity contribution in [3.63, 3.8) is 0 Å². The van der Waals surface area contributed by atoms with Crippen LogP contribution in [0.3, 0.4) is 0 Å². The summed E-state index contributed by atoms with van der Waals surface area (Å²) in [7, 11) is 2.12. The van der Waals surface area contributed by atoms with Crippen LogP contribution in [-0.4, -0.2) is 48.8 Å². The number of nitrogens with one attached hydrogen (secondary N) is 2. The van der Waals surface area contributed by atoms with E-state index < -0.39 is 5.60 Å². The molecule has 2 unspecified atom stereocenters. The quantitative estimate of drug-likeness (QED) is 0.767. The first-order chi connectivity index (χ1) is 11.2. The smallest absolute Gasteiger partial charge is 0.407 e. The molecule has 1 aromatic carbocycles. The van der Waals surface area contributed by atoms with Crippen LogP contribution in [-0.2, 0) is 11.3 Å². The molecule has 0 aromatic heterocycles. The molecule has 0 aliphatic carbocycles. The van der Waals surface area contributed by atoms with E-state index in [1.54, 1.807) is 0 Å². The van der Waals surface area contributed by atoms with Gasteiger partial charge < -0.3 is 20.3 Å². The number of carbonyl (C=O) groups excluding carboxylic acids is 1. The molecule has 0 saturated heterocycles. The highest BCUT2D eigenvalue weighted by Crippen LogP contribution is 2.06. The zero-order chi connectivity index (χ0) is 18.2. The van der Waals surface area contributed by atoms with Crippen LogP contribution in [0.4, 0.5) is 4.79 Å². The zero-order valence-electron chi connectivity index (χ0n) is 15.9. The first-order valence-corrected chi connectivity index (χ1v) is 8.61. The summed E-state index contributed by atoms with van der Waals surface area (Å²) in [5, 5.41) is 6.30. The lowest BCUT2D eigenvalue weighted by Crippen LogP contribution is -2.47. The lowest BCUT2D eigenvalue weighted by atomic mass is 10.2. The van der Waals surface area contributed by atoms with Crippen molar-refractivity contribution in [3.05, 3.63) is 35.9 Å². The van der Waals surface area contributed by atoms with Gasteiger partial charge in [0.15, 0.2) is 0 Å². The predicted molar refractivity (Wildman–Crippen MR) is 99.1 cm³/mol. The van der Waals surface area contributed by atoms with Crippen molar-refractivity contribution >= 4 is 6.09 Å². The second kappa shape index (κ2) is 9.64. The Labute approximate surface area is 146 Å². The normalized spacial score (nSPS) is 14.3. The summed E-state index contributed by atoms with van der Waals surface area (Å²) in [6.45, 7) is 12.2. The van der Waals surface area contributed by atoms with Crippen LogP contribution in [0.2, 0.25) is 0 Å². The largest absolute Gasteiger partial charge is 0.444 e. The van der Waals surface area contributed by atoms with Gasteiger partial charge in [0.25, 0.3) is 0 Å². The molecule has 0 heterocycles. The van der Waals surface area contributed by atoms with Gasteiger partial charge in [-0.1, -0.05) is 30.3 Å². The third-order valence-electron chi connectivity index (χ3n) is 3.40. The molecule has 5 heteroatoms. The van der Waals surface area contributed by atoms with Gasteiger partial charge in [0.2, 0.25) is 0 Å². The van der Waals surface area contributed by atoms with Crippen LogP contribution in [0, 0.1) is 0 Å². The van der Waals surface area contributed by atoms with Gasteiger partial charge in [0.1, 0.15) is 5.60 Å². The SMILES string of the molecule is CC(CNC(=O)OC(C)(C)C)NC(C)CN(C)Cc1ccccc1. The van der Waals surface area contributed by atoms with E-state index in [0.717, 1.165) is 13.1 Å². The molecule has 0 spiro atoms. The Bertz CT molecular complexity index is 485. The van der Waals surface area contributed by atoms with Crippen molar-refractivity contribution in [2.24, 2.45) is 0 Å². The molecule has 2 N–H and O–H groups in total. The fourth-order valence-corrected chi connectivity index (χ4v) is 2.58. The fourth-order valence-electron chi connectivity index (χ4n) is 2.58. The lowest BCUT2D eigenvalue weighted by molar-refractivity contribution is 0.0522. The van der Waals surface area contributed by atoms with E-state index in [0.29, 0.717) is 12.6 Å². The molecule has 0 fully saturated rings. The number of nitrogens with zero attached hydrogens (tertiary/aromatic N) is 1. The van der Waals surface area contributed by atoms with Crippen LogP contribution in [0.25, 0.3) is 0 Å². The minimum atomic E-state index is -0.464. The summed E-state index contributed by atoms with van der Waals surface area (Å²) in [6.07, 6.45) is -0.370. The van der Waals surface area contributed by atoms with Gasteiger partial charge in [-0.2, -0.15) is 0 Å².